The fourth-order valence-corrected chi connectivity index (χ4v) is 3.81. The average Bonchev–Trinajstić information content (AvgIpc) is 2.42. The van der Waals surface area contributed by atoms with Crippen molar-refractivity contribution in [3.05, 3.63) is 33.3 Å². The number of benzene rings is 1. The summed E-state index contributed by atoms with van der Waals surface area (Å²) in [6.07, 6.45) is 1.89. The number of carbonyl (C=O) groups excluding carboxylic acids is 1. The number of hydrogen-bond donors (Lipinski definition) is 1. The van der Waals surface area contributed by atoms with Crippen LogP contribution in [-0.4, -0.2) is 43.8 Å². The molecule has 2 N–H and O–H groups in total. The van der Waals surface area contributed by atoms with Crippen LogP contribution in [0.3, 0.4) is 0 Å². The number of carbonyl (C=O) groups is 1. The Morgan fingerprint density at radius 2 is 2.04 bits per heavy atom. The third-order valence-corrected chi connectivity index (χ3v) is 5.21. The number of nitrogens with zero attached hydrogens (tertiary/aromatic N) is 1. The van der Waals surface area contributed by atoms with E-state index >= 15 is 0 Å². The van der Waals surface area contributed by atoms with Crippen LogP contribution in [0.4, 0.5) is 0 Å². The molecular formula is C14H19Cl3N2O3S. The first kappa shape index (κ1) is 20.5. The van der Waals surface area contributed by atoms with E-state index in [9.17, 15) is 13.2 Å². The van der Waals surface area contributed by atoms with Crippen LogP contribution in [-0.2, 0) is 27.6 Å². The minimum Gasteiger partial charge on any atom is -0.337 e. The Kier molecular flexibility index (Phi) is 7.16. The quantitative estimate of drug-likeness (QED) is 0.837. The van der Waals surface area contributed by atoms with Crippen LogP contribution in [0.15, 0.2) is 12.1 Å². The molecule has 0 aliphatic carbocycles. The molecule has 5 nitrogen and oxygen atoms in total. The Morgan fingerprint density at radius 1 is 1.39 bits per heavy atom. The number of nitrogens with two attached hydrogens (primary N) is 1. The first-order valence-corrected chi connectivity index (χ1v) is 9.68. The molecule has 0 spiro atoms. The zero-order chi connectivity index (χ0) is 16.5. The lowest BCUT2D eigenvalue weighted by Gasteiger charge is -2.31. The second-order valence-electron chi connectivity index (χ2n) is 5.56. The summed E-state index contributed by atoms with van der Waals surface area (Å²) in [4.78, 5) is 14.0. The van der Waals surface area contributed by atoms with E-state index < -0.39 is 15.9 Å². The van der Waals surface area contributed by atoms with Gasteiger partial charge in [0.25, 0.3) is 0 Å². The number of hydrogen-bond acceptors (Lipinski definition) is 4. The van der Waals surface area contributed by atoms with Crippen molar-refractivity contribution in [3.8, 4) is 0 Å². The molecule has 0 saturated carbocycles. The Labute approximate surface area is 152 Å². The third-order valence-electron chi connectivity index (χ3n) is 3.67. The molecule has 1 aromatic rings. The van der Waals surface area contributed by atoms with E-state index in [2.05, 4.69) is 0 Å². The van der Waals surface area contributed by atoms with E-state index in [1.54, 1.807) is 17.0 Å². The van der Waals surface area contributed by atoms with Gasteiger partial charge in [-0.05, 0) is 36.1 Å². The van der Waals surface area contributed by atoms with Crippen LogP contribution in [0.1, 0.15) is 17.5 Å². The lowest BCUT2D eigenvalue weighted by atomic mass is 9.99. The van der Waals surface area contributed by atoms with E-state index in [1.165, 1.54) is 0 Å². The van der Waals surface area contributed by atoms with E-state index in [-0.39, 0.29) is 30.5 Å². The second-order valence-corrected chi connectivity index (χ2v) is 8.66. The van der Waals surface area contributed by atoms with E-state index in [4.69, 9.17) is 28.9 Å². The Morgan fingerprint density at radius 3 is 2.65 bits per heavy atom. The number of fused-ring (bicyclic) bond motifs is 1. The first-order valence-electron chi connectivity index (χ1n) is 6.86. The molecule has 23 heavy (non-hydrogen) atoms. The summed E-state index contributed by atoms with van der Waals surface area (Å²) in [6, 6.07) is 2.67. The highest BCUT2D eigenvalue weighted by atomic mass is 35.5. The summed E-state index contributed by atoms with van der Waals surface area (Å²) in [7, 11) is -3.13. The van der Waals surface area contributed by atoms with E-state index in [1.807, 2.05) is 0 Å². The normalized spacial score (nSPS) is 15.6. The highest BCUT2D eigenvalue weighted by Crippen LogP contribution is 2.30. The molecule has 0 aromatic heterocycles. The monoisotopic (exact) mass is 400 g/mol. The number of rotatable bonds is 4. The van der Waals surface area contributed by atoms with Crippen LogP contribution < -0.4 is 5.73 Å². The predicted molar refractivity (Wildman–Crippen MR) is 95.1 cm³/mol. The topological polar surface area (TPSA) is 80.5 Å². The molecule has 0 bridgehead atoms. The molecule has 0 radical (unpaired) electrons. The highest BCUT2D eigenvalue weighted by molar-refractivity contribution is 7.90. The van der Waals surface area contributed by atoms with E-state index in [0.717, 1.165) is 17.4 Å². The van der Waals surface area contributed by atoms with Crippen molar-refractivity contribution in [1.82, 2.24) is 4.90 Å². The van der Waals surface area contributed by atoms with Gasteiger partial charge in [0.05, 0.1) is 11.8 Å². The van der Waals surface area contributed by atoms with Gasteiger partial charge in [0.2, 0.25) is 5.91 Å². The maximum Gasteiger partial charge on any atom is 0.239 e. The van der Waals surface area contributed by atoms with Gasteiger partial charge in [-0.25, -0.2) is 8.42 Å². The molecule has 2 rings (SSSR count). The second kappa shape index (κ2) is 8.03. The number of halogens is 3. The third kappa shape index (κ3) is 5.50. The predicted octanol–water partition coefficient (Wildman–Crippen LogP) is 2.06. The lowest BCUT2D eigenvalue weighted by molar-refractivity contribution is -0.133. The summed E-state index contributed by atoms with van der Waals surface area (Å²) in [5.41, 5.74) is 7.74. The Balaban J connectivity index is 0.00000264. The Hall–Kier alpha value is -0.530. The van der Waals surface area contributed by atoms with Gasteiger partial charge in [-0.15, -0.1) is 12.4 Å². The van der Waals surface area contributed by atoms with Crippen molar-refractivity contribution < 1.29 is 13.2 Å². The summed E-state index contributed by atoms with van der Waals surface area (Å²) in [6.45, 7) is 0.904. The minimum absolute atomic E-state index is 0. The molecule has 1 unspecified atom stereocenters. The van der Waals surface area contributed by atoms with Crippen LogP contribution in [0.5, 0.6) is 0 Å². The van der Waals surface area contributed by atoms with Crippen LogP contribution in [0.25, 0.3) is 0 Å². The standard InChI is InChI=1S/C14H18Cl2N2O3S.ClH/c1-22(20,21)5-3-13(17)14(19)18-4-2-11-9(8-18)6-10(15)7-12(11)16;/h6-7,13H,2-5,8,17H2,1H3;1H. The zero-order valence-electron chi connectivity index (χ0n) is 12.6. The summed E-state index contributed by atoms with van der Waals surface area (Å²) >= 11 is 12.2. The van der Waals surface area contributed by atoms with Crippen molar-refractivity contribution in [2.75, 3.05) is 18.6 Å². The average molecular weight is 402 g/mol. The molecule has 1 aromatic carbocycles. The largest absolute Gasteiger partial charge is 0.337 e. The van der Waals surface area contributed by atoms with Crippen molar-refractivity contribution in [3.63, 3.8) is 0 Å². The molecule has 1 atom stereocenters. The van der Waals surface area contributed by atoms with Gasteiger partial charge in [-0.1, -0.05) is 23.2 Å². The molecule has 1 heterocycles. The van der Waals surface area contributed by atoms with E-state index in [0.29, 0.717) is 29.6 Å². The number of sulfone groups is 1. The molecule has 1 aliphatic heterocycles. The summed E-state index contributed by atoms with van der Waals surface area (Å²) in [5, 5.41) is 1.13. The molecule has 0 saturated heterocycles. The minimum atomic E-state index is -3.13. The van der Waals surface area contributed by atoms with Crippen LogP contribution in [0, 0.1) is 0 Å². The molecule has 9 heteroatoms. The van der Waals surface area contributed by atoms with Crippen molar-refractivity contribution >= 4 is 51.4 Å². The molecular weight excluding hydrogens is 383 g/mol. The van der Waals surface area contributed by atoms with Gasteiger partial charge in [0.1, 0.15) is 9.84 Å². The van der Waals surface area contributed by atoms with Gasteiger partial charge in [-0.3, -0.25) is 4.79 Å². The summed E-state index contributed by atoms with van der Waals surface area (Å²) in [5.74, 6) is -0.340. The van der Waals surface area contributed by atoms with Gasteiger partial charge in [0, 0.05) is 29.4 Å². The van der Waals surface area contributed by atoms with Crippen LogP contribution >= 0.6 is 35.6 Å². The SMILES string of the molecule is CS(=O)(=O)CCC(N)C(=O)N1CCc2c(Cl)cc(Cl)cc2C1.Cl. The first-order chi connectivity index (χ1) is 10.2. The van der Waals surface area contributed by atoms with Crippen LogP contribution in [0.2, 0.25) is 10.0 Å². The maximum absolute atomic E-state index is 12.3. The van der Waals surface area contributed by atoms with Crippen molar-refractivity contribution in [2.45, 2.75) is 25.4 Å². The fraction of sp³-hybridized carbons (Fsp3) is 0.500. The van der Waals surface area contributed by atoms with Gasteiger partial charge in [-0.2, -0.15) is 0 Å². The van der Waals surface area contributed by atoms with Crippen molar-refractivity contribution in [2.24, 2.45) is 5.73 Å². The number of amides is 1. The van der Waals surface area contributed by atoms with Crippen molar-refractivity contribution in [1.29, 1.82) is 0 Å². The highest BCUT2D eigenvalue weighted by Gasteiger charge is 2.26. The molecule has 0 fully saturated rings. The van der Waals surface area contributed by atoms with Gasteiger partial charge in [0.15, 0.2) is 0 Å². The molecule has 1 amide bonds. The Bertz CT molecular complexity index is 695. The van der Waals surface area contributed by atoms with Gasteiger partial charge < -0.3 is 10.6 Å². The smallest absolute Gasteiger partial charge is 0.239 e. The fourth-order valence-electron chi connectivity index (χ4n) is 2.50. The molecule has 130 valence electrons. The molecule has 1 aliphatic rings. The lowest BCUT2D eigenvalue weighted by Crippen LogP contribution is -2.46. The maximum atomic E-state index is 12.3. The zero-order valence-corrected chi connectivity index (χ0v) is 15.7. The van der Waals surface area contributed by atoms with Gasteiger partial charge >= 0.3 is 0 Å². The summed E-state index contributed by atoms with van der Waals surface area (Å²) < 4.78 is 22.3.